The molecule has 0 spiro atoms. The minimum absolute atomic E-state index is 1.02. The van der Waals surface area contributed by atoms with Crippen molar-refractivity contribution < 1.29 is 0 Å². The molecule has 0 N–H and O–H groups in total. The molecule has 0 radical (unpaired) electrons. The van der Waals surface area contributed by atoms with Crippen LogP contribution in [0.4, 0.5) is 0 Å². The van der Waals surface area contributed by atoms with Gasteiger partial charge in [0.25, 0.3) is 0 Å². The second kappa shape index (κ2) is 3.40. The SMILES string of the molecule is C[C@@H]1CC[C@@H]2[C@@H](CCC[C@H]2C)C1. The van der Waals surface area contributed by atoms with Crippen molar-refractivity contribution in [3.05, 3.63) is 0 Å². The topological polar surface area (TPSA) is 0 Å². The maximum atomic E-state index is 2.48. The summed E-state index contributed by atoms with van der Waals surface area (Å²) < 4.78 is 0. The Morgan fingerprint density at radius 3 is 2.58 bits per heavy atom. The maximum absolute atomic E-state index is 2.48. The Labute approximate surface area is 76.7 Å². The number of hydrogen-bond acceptors (Lipinski definition) is 0. The van der Waals surface area contributed by atoms with Crippen molar-refractivity contribution in [2.75, 3.05) is 0 Å². The van der Waals surface area contributed by atoms with Crippen LogP contribution >= 0.6 is 0 Å². The molecule has 2 rings (SSSR count). The summed E-state index contributed by atoms with van der Waals surface area (Å²) in [5.41, 5.74) is 0. The van der Waals surface area contributed by atoms with Crippen LogP contribution in [0.1, 0.15) is 52.4 Å². The van der Waals surface area contributed by atoms with E-state index in [4.69, 9.17) is 0 Å². The van der Waals surface area contributed by atoms with Crippen LogP contribution in [0.2, 0.25) is 0 Å². The van der Waals surface area contributed by atoms with E-state index < -0.39 is 0 Å². The van der Waals surface area contributed by atoms with Gasteiger partial charge in [-0.15, -0.1) is 0 Å². The van der Waals surface area contributed by atoms with Crippen molar-refractivity contribution in [2.24, 2.45) is 23.7 Å². The largest absolute Gasteiger partial charge is 0.0625 e. The summed E-state index contributed by atoms with van der Waals surface area (Å²) >= 11 is 0. The van der Waals surface area contributed by atoms with E-state index in [1.807, 2.05) is 0 Å². The van der Waals surface area contributed by atoms with Gasteiger partial charge in [0.15, 0.2) is 0 Å². The molecular formula is C12H22. The van der Waals surface area contributed by atoms with E-state index in [1.54, 1.807) is 6.42 Å². The molecular weight excluding hydrogens is 144 g/mol. The molecule has 4 atom stereocenters. The van der Waals surface area contributed by atoms with E-state index in [9.17, 15) is 0 Å². The first-order valence-electron chi connectivity index (χ1n) is 5.77. The first-order valence-corrected chi connectivity index (χ1v) is 5.77. The summed E-state index contributed by atoms with van der Waals surface area (Å²) in [6.07, 6.45) is 9.14. The van der Waals surface area contributed by atoms with E-state index >= 15 is 0 Å². The summed E-state index contributed by atoms with van der Waals surface area (Å²) in [6.45, 7) is 4.92. The van der Waals surface area contributed by atoms with E-state index in [1.165, 1.54) is 32.1 Å². The Kier molecular flexibility index (Phi) is 2.43. The van der Waals surface area contributed by atoms with Crippen LogP contribution in [0.25, 0.3) is 0 Å². The zero-order valence-electron chi connectivity index (χ0n) is 8.55. The van der Waals surface area contributed by atoms with Crippen LogP contribution < -0.4 is 0 Å². The van der Waals surface area contributed by atoms with E-state index in [2.05, 4.69) is 13.8 Å². The molecule has 0 aromatic heterocycles. The zero-order valence-corrected chi connectivity index (χ0v) is 8.55. The fourth-order valence-corrected chi connectivity index (χ4v) is 3.52. The third kappa shape index (κ3) is 1.53. The highest BCUT2D eigenvalue weighted by Gasteiger charge is 2.34. The van der Waals surface area contributed by atoms with Crippen molar-refractivity contribution in [2.45, 2.75) is 52.4 Å². The summed E-state index contributed by atoms with van der Waals surface area (Å²) in [5, 5.41) is 0. The van der Waals surface area contributed by atoms with Crippen LogP contribution in [-0.4, -0.2) is 0 Å². The molecule has 0 amide bonds. The number of rotatable bonds is 0. The molecule has 0 aliphatic heterocycles. The molecule has 0 unspecified atom stereocenters. The minimum Gasteiger partial charge on any atom is -0.0625 e. The van der Waals surface area contributed by atoms with Crippen molar-refractivity contribution in [1.82, 2.24) is 0 Å². The molecule has 0 heteroatoms. The Morgan fingerprint density at radius 2 is 1.75 bits per heavy atom. The lowest BCUT2D eigenvalue weighted by molar-refractivity contribution is 0.0892. The monoisotopic (exact) mass is 166 g/mol. The van der Waals surface area contributed by atoms with Crippen LogP contribution in [0.5, 0.6) is 0 Å². The Hall–Kier alpha value is 0. The standard InChI is InChI=1S/C12H22/c1-9-6-7-12-10(2)4-3-5-11(12)8-9/h9-12H,3-8H2,1-2H3/t9-,10-,11+,12+/m1/s1. The van der Waals surface area contributed by atoms with Crippen molar-refractivity contribution in [1.29, 1.82) is 0 Å². The third-order valence-electron chi connectivity index (χ3n) is 4.27. The van der Waals surface area contributed by atoms with E-state index in [-0.39, 0.29) is 0 Å². The van der Waals surface area contributed by atoms with Gasteiger partial charge in [-0.2, -0.15) is 0 Å². The summed E-state index contributed by atoms with van der Waals surface area (Å²) in [4.78, 5) is 0. The number of fused-ring (bicyclic) bond motifs is 1. The lowest BCUT2D eigenvalue weighted by Gasteiger charge is -2.42. The van der Waals surface area contributed by atoms with Crippen LogP contribution in [0, 0.1) is 23.7 Å². The average Bonchev–Trinajstić information content (AvgIpc) is 2.04. The van der Waals surface area contributed by atoms with Gasteiger partial charge in [0, 0.05) is 0 Å². The fraction of sp³-hybridized carbons (Fsp3) is 1.00. The summed E-state index contributed by atoms with van der Waals surface area (Å²) in [5.74, 6) is 4.28. The van der Waals surface area contributed by atoms with Crippen LogP contribution in [-0.2, 0) is 0 Å². The summed E-state index contributed by atoms with van der Waals surface area (Å²) in [6, 6.07) is 0. The average molecular weight is 166 g/mol. The molecule has 2 aliphatic rings. The van der Waals surface area contributed by atoms with Crippen LogP contribution in [0.15, 0.2) is 0 Å². The van der Waals surface area contributed by atoms with Gasteiger partial charge >= 0.3 is 0 Å². The molecule has 0 heterocycles. The molecule has 70 valence electrons. The highest BCUT2D eigenvalue weighted by molar-refractivity contribution is 4.85. The molecule has 0 aromatic rings. The lowest BCUT2D eigenvalue weighted by Crippen LogP contribution is -2.31. The van der Waals surface area contributed by atoms with Crippen molar-refractivity contribution >= 4 is 0 Å². The predicted molar refractivity (Wildman–Crippen MR) is 53.0 cm³/mol. The van der Waals surface area contributed by atoms with Gasteiger partial charge in [0.05, 0.1) is 0 Å². The second-order valence-electron chi connectivity index (χ2n) is 5.25. The third-order valence-corrected chi connectivity index (χ3v) is 4.27. The normalized spacial score (nSPS) is 48.5. The first kappa shape index (κ1) is 8.59. The zero-order chi connectivity index (χ0) is 8.55. The quantitative estimate of drug-likeness (QED) is 0.512. The highest BCUT2D eigenvalue weighted by atomic mass is 14.4. The Bertz CT molecular complexity index is 150. The highest BCUT2D eigenvalue weighted by Crippen LogP contribution is 2.45. The minimum atomic E-state index is 1.02. The molecule has 0 bridgehead atoms. The Morgan fingerprint density at radius 1 is 0.917 bits per heavy atom. The van der Waals surface area contributed by atoms with Gasteiger partial charge in [-0.1, -0.05) is 39.5 Å². The van der Waals surface area contributed by atoms with Crippen molar-refractivity contribution in [3.63, 3.8) is 0 Å². The first-order chi connectivity index (χ1) is 5.77. The van der Waals surface area contributed by atoms with Gasteiger partial charge in [-0.25, -0.2) is 0 Å². The smallest absolute Gasteiger partial charge is 0.0360 e. The molecule has 0 saturated heterocycles. The van der Waals surface area contributed by atoms with Crippen molar-refractivity contribution in [3.8, 4) is 0 Å². The van der Waals surface area contributed by atoms with Gasteiger partial charge in [-0.3, -0.25) is 0 Å². The fourth-order valence-electron chi connectivity index (χ4n) is 3.52. The molecule has 2 aliphatic carbocycles. The second-order valence-corrected chi connectivity index (χ2v) is 5.25. The molecule has 0 nitrogen and oxygen atoms in total. The molecule has 0 aromatic carbocycles. The van der Waals surface area contributed by atoms with E-state index in [0.717, 1.165) is 23.7 Å². The van der Waals surface area contributed by atoms with Gasteiger partial charge < -0.3 is 0 Å². The van der Waals surface area contributed by atoms with Gasteiger partial charge in [-0.05, 0) is 36.5 Å². The summed E-state index contributed by atoms with van der Waals surface area (Å²) in [7, 11) is 0. The van der Waals surface area contributed by atoms with Crippen LogP contribution in [0.3, 0.4) is 0 Å². The molecule has 2 saturated carbocycles. The number of hydrogen-bond donors (Lipinski definition) is 0. The van der Waals surface area contributed by atoms with E-state index in [0.29, 0.717) is 0 Å². The maximum Gasteiger partial charge on any atom is -0.0360 e. The molecule has 2 fully saturated rings. The molecule has 12 heavy (non-hydrogen) atoms. The lowest BCUT2D eigenvalue weighted by atomic mass is 9.64. The van der Waals surface area contributed by atoms with Gasteiger partial charge in [0.2, 0.25) is 0 Å². The van der Waals surface area contributed by atoms with Gasteiger partial charge in [0.1, 0.15) is 0 Å². The predicted octanol–water partition coefficient (Wildman–Crippen LogP) is 3.86. The Balaban J connectivity index is 1.99.